The lowest BCUT2D eigenvalue weighted by molar-refractivity contribution is -0.117. The second kappa shape index (κ2) is 6.56. The molecule has 1 saturated carbocycles. The summed E-state index contributed by atoms with van der Waals surface area (Å²) in [5, 5.41) is 12.4. The lowest BCUT2D eigenvalue weighted by Gasteiger charge is -2.19. The fourth-order valence-electron chi connectivity index (χ4n) is 3.29. The third-order valence-corrected chi connectivity index (χ3v) is 4.86. The van der Waals surface area contributed by atoms with Crippen molar-refractivity contribution in [3.63, 3.8) is 0 Å². The average Bonchev–Trinajstić information content (AvgIpc) is 3.36. The number of nitrogens with one attached hydrogen (secondary N) is 1. The molecule has 4 rings (SSSR count). The normalized spacial score (nSPS) is 16.5. The highest BCUT2D eigenvalue weighted by Crippen LogP contribution is 2.32. The maximum atomic E-state index is 11.9. The highest BCUT2D eigenvalue weighted by molar-refractivity contribution is 5.93. The Bertz CT molecular complexity index is 845. The minimum Gasteiger partial charge on any atom is -0.370 e. The van der Waals surface area contributed by atoms with Crippen LogP contribution in [0.15, 0.2) is 36.5 Å². The number of aromatic nitrogens is 1. The molecule has 2 aliphatic rings. The van der Waals surface area contributed by atoms with Gasteiger partial charge in [0.15, 0.2) is 0 Å². The van der Waals surface area contributed by atoms with Crippen LogP contribution in [-0.2, 0) is 4.79 Å². The molecule has 1 saturated heterocycles. The van der Waals surface area contributed by atoms with Gasteiger partial charge in [-0.15, -0.1) is 0 Å². The summed E-state index contributed by atoms with van der Waals surface area (Å²) < 4.78 is 0. The molecular formula is C20H20N4O. The van der Waals surface area contributed by atoms with Crippen molar-refractivity contribution in [3.8, 4) is 17.2 Å². The van der Waals surface area contributed by atoms with Crippen LogP contribution in [0.1, 0.15) is 31.2 Å². The van der Waals surface area contributed by atoms with Gasteiger partial charge in [-0.3, -0.25) is 4.79 Å². The molecule has 0 spiro atoms. The zero-order valence-electron chi connectivity index (χ0n) is 14.0. The van der Waals surface area contributed by atoms with E-state index in [0.717, 1.165) is 42.7 Å². The van der Waals surface area contributed by atoms with Crippen molar-refractivity contribution in [2.24, 2.45) is 5.92 Å². The Kier molecular flexibility index (Phi) is 4.10. The van der Waals surface area contributed by atoms with Crippen LogP contribution in [-0.4, -0.2) is 24.0 Å². The first-order valence-electron chi connectivity index (χ1n) is 8.81. The van der Waals surface area contributed by atoms with Crippen molar-refractivity contribution >= 4 is 17.4 Å². The van der Waals surface area contributed by atoms with Gasteiger partial charge in [0, 0.05) is 25.2 Å². The third kappa shape index (κ3) is 3.34. The molecule has 1 aliphatic heterocycles. The molecule has 1 amide bonds. The number of carbonyl (C=O) groups excluding carboxylic acids is 1. The summed E-state index contributed by atoms with van der Waals surface area (Å²) in [5.41, 5.74) is 3.62. The summed E-state index contributed by atoms with van der Waals surface area (Å²) in [6.45, 7) is 2.03. The van der Waals surface area contributed by atoms with Crippen LogP contribution in [0.4, 0.5) is 11.5 Å². The maximum absolute atomic E-state index is 11.9. The molecule has 0 atom stereocenters. The Morgan fingerprint density at radius 1 is 1.16 bits per heavy atom. The van der Waals surface area contributed by atoms with E-state index < -0.39 is 0 Å². The standard InChI is InChI=1S/C20H20N4O/c21-13-17-11-15(5-6-18(17)24-9-1-2-10-24)16-7-8-22-19(12-16)23-20(25)14-3-4-14/h5-8,11-12,14H,1-4,9-10H2,(H,22,23,25). The van der Waals surface area contributed by atoms with Crippen LogP contribution in [0.5, 0.6) is 0 Å². The Morgan fingerprint density at radius 3 is 2.64 bits per heavy atom. The quantitative estimate of drug-likeness (QED) is 0.929. The van der Waals surface area contributed by atoms with Gasteiger partial charge in [-0.05, 0) is 61.1 Å². The summed E-state index contributed by atoms with van der Waals surface area (Å²) >= 11 is 0. The first-order chi connectivity index (χ1) is 12.2. The molecule has 25 heavy (non-hydrogen) atoms. The van der Waals surface area contributed by atoms with E-state index in [1.807, 2.05) is 30.3 Å². The predicted molar refractivity (Wildman–Crippen MR) is 97.2 cm³/mol. The summed E-state index contributed by atoms with van der Waals surface area (Å²) in [7, 11) is 0. The number of rotatable bonds is 4. The number of anilines is 2. The molecule has 2 aromatic rings. The number of pyridine rings is 1. The Hall–Kier alpha value is -2.87. The van der Waals surface area contributed by atoms with Gasteiger partial charge in [0.2, 0.25) is 5.91 Å². The SMILES string of the molecule is N#Cc1cc(-c2ccnc(NC(=O)C3CC3)c2)ccc1N1CCCC1. The molecule has 126 valence electrons. The fourth-order valence-corrected chi connectivity index (χ4v) is 3.29. The van der Waals surface area contributed by atoms with Crippen LogP contribution in [0.2, 0.25) is 0 Å². The largest absolute Gasteiger partial charge is 0.370 e. The third-order valence-electron chi connectivity index (χ3n) is 4.86. The zero-order valence-corrected chi connectivity index (χ0v) is 14.0. The molecule has 2 fully saturated rings. The Morgan fingerprint density at radius 2 is 1.92 bits per heavy atom. The summed E-state index contributed by atoms with van der Waals surface area (Å²) in [4.78, 5) is 18.4. The molecule has 1 aliphatic carbocycles. The van der Waals surface area contributed by atoms with Gasteiger partial charge >= 0.3 is 0 Å². The van der Waals surface area contributed by atoms with E-state index in [4.69, 9.17) is 0 Å². The predicted octanol–water partition coefficient (Wildman–Crippen LogP) is 3.57. The first kappa shape index (κ1) is 15.6. The van der Waals surface area contributed by atoms with Gasteiger partial charge in [-0.1, -0.05) is 6.07 Å². The minimum absolute atomic E-state index is 0.0479. The van der Waals surface area contributed by atoms with Crippen molar-refractivity contribution < 1.29 is 4.79 Å². The molecule has 1 aromatic heterocycles. The first-order valence-corrected chi connectivity index (χ1v) is 8.81. The van der Waals surface area contributed by atoms with E-state index in [1.54, 1.807) is 6.20 Å². The second-order valence-corrected chi connectivity index (χ2v) is 6.73. The molecule has 0 radical (unpaired) electrons. The fraction of sp³-hybridized carbons (Fsp3) is 0.350. The number of benzene rings is 1. The summed E-state index contributed by atoms with van der Waals surface area (Å²) in [6.07, 6.45) is 5.99. The van der Waals surface area contributed by atoms with Crippen LogP contribution < -0.4 is 10.2 Å². The van der Waals surface area contributed by atoms with E-state index in [0.29, 0.717) is 11.4 Å². The van der Waals surface area contributed by atoms with Crippen LogP contribution in [0.3, 0.4) is 0 Å². The molecule has 2 heterocycles. The van der Waals surface area contributed by atoms with Crippen LogP contribution in [0, 0.1) is 17.2 Å². The van der Waals surface area contributed by atoms with Crippen molar-refractivity contribution in [3.05, 3.63) is 42.1 Å². The smallest absolute Gasteiger partial charge is 0.228 e. The van der Waals surface area contributed by atoms with Crippen molar-refractivity contribution in [1.29, 1.82) is 5.26 Å². The zero-order chi connectivity index (χ0) is 17.2. The van der Waals surface area contributed by atoms with Gasteiger partial charge in [0.25, 0.3) is 0 Å². The van der Waals surface area contributed by atoms with E-state index in [2.05, 4.69) is 21.3 Å². The van der Waals surface area contributed by atoms with Gasteiger partial charge in [-0.2, -0.15) is 5.26 Å². The molecule has 5 heteroatoms. The highest BCUT2D eigenvalue weighted by atomic mass is 16.2. The number of carbonyl (C=O) groups is 1. The topological polar surface area (TPSA) is 69.0 Å². The molecule has 1 N–H and O–H groups in total. The van der Waals surface area contributed by atoms with Crippen molar-refractivity contribution in [2.45, 2.75) is 25.7 Å². The summed E-state index contributed by atoms with van der Waals surface area (Å²) in [5.74, 6) is 0.763. The van der Waals surface area contributed by atoms with Gasteiger partial charge < -0.3 is 10.2 Å². The van der Waals surface area contributed by atoms with Gasteiger partial charge in [-0.25, -0.2) is 4.98 Å². The van der Waals surface area contributed by atoms with Gasteiger partial charge in [0.05, 0.1) is 11.3 Å². The maximum Gasteiger partial charge on any atom is 0.228 e. The Balaban J connectivity index is 1.60. The summed E-state index contributed by atoms with van der Waals surface area (Å²) in [6, 6.07) is 12.1. The van der Waals surface area contributed by atoms with E-state index >= 15 is 0 Å². The van der Waals surface area contributed by atoms with E-state index in [-0.39, 0.29) is 11.8 Å². The average molecular weight is 332 g/mol. The molecular weight excluding hydrogens is 312 g/mol. The number of hydrogen-bond donors (Lipinski definition) is 1. The highest BCUT2D eigenvalue weighted by Gasteiger charge is 2.29. The van der Waals surface area contributed by atoms with E-state index in [1.165, 1.54) is 12.8 Å². The van der Waals surface area contributed by atoms with Gasteiger partial charge in [0.1, 0.15) is 11.9 Å². The molecule has 1 aromatic carbocycles. The van der Waals surface area contributed by atoms with Crippen molar-refractivity contribution in [2.75, 3.05) is 23.3 Å². The molecule has 5 nitrogen and oxygen atoms in total. The minimum atomic E-state index is 0.0479. The van der Waals surface area contributed by atoms with Crippen molar-refractivity contribution in [1.82, 2.24) is 4.98 Å². The lowest BCUT2D eigenvalue weighted by atomic mass is 10.0. The van der Waals surface area contributed by atoms with Crippen LogP contribution >= 0.6 is 0 Å². The number of hydrogen-bond acceptors (Lipinski definition) is 4. The molecule has 0 unspecified atom stereocenters. The number of nitrogens with zero attached hydrogens (tertiary/aromatic N) is 3. The second-order valence-electron chi connectivity index (χ2n) is 6.73. The monoisotopic (exact) mass is 332 g/mol. The number of nitriles is 1. The van der Waals surface area contributed by atoms with E-state index in [9.17, 15) is 10.1 Å². The molecule has 0 bridgehead atoms. The lowest BCUT2D eigenvalue weighted by Crippen LogP contribution is -2.18. The number of amides is 1. The van der Waals surface area contributed by atoms with Crippen LogP contribution in [0.25, 0.3) is 11.1 Å². The Labute approximate surface area is 147 Å².